The van der Waals surface area contributed by atoms with Gasteiger partial charge in [0, 0.05) is 6.20 Å². The standard InChI is InChI=1S/C17H18N2/c1-11(2)16-7-12(3)8-17(13(16)4)14-5-6-19-15(9-14)10-18/h5-9,11H,1-4H3. The van der Waals surface area contributed by atoms with Crippen LogP contribution in [0.25, 0.3) is 11.1 Å². The lowest BCUT2D eigenvalue weighted by Gasteiger charge is -2.16. The largest absolute Gasteiger partial charge is 0.246 e. The van der Waals surface area contributed by atoms with Crippen molar-refractivity contribution >= 4 is 0 Å². The van der Waals surface area contributed by atoms with E-state index in [1.807, 2.05) is 12.1 Å². The SMILES string of the molecule is Cc1cc(-c2ccnc(C#N)c2)c(C)c(C(C)C)c1. The Balaban J connectivity index is 2.65. The zero-order chi connectivity index (χ0) is 14.0. The summed E-state index contributed by atoms with van der Waals surface area (Å²) in [6.07, 6.45) is 1.70. The molecule has 0 bridgehead atoms. The molecule has 2 aromatic rings. The molecule has 1 aromatic heterocycles. The highest BCUT2D eigenvalue weighted by Gasteiger charge is 2.11. The van der Waals surface area contributed by atoms with Crippen molar-refractivity contribution in [3.8, 4) is 17.2 Å². The van der Waals surface area contributed by atoms with E-state index in [2.05, 4.69) is 50.9 Å². The first kappa shape index (κ1) is 13.3. The summed E-state index contributed by atoms with van der Waals surface area (Å²) < 4.78 is 0. The summed E-state index contributed by atoms with van der Waals surface area (Å²) >= 11 is 0. The van der Waals surface area contributed by atoms with E-state index in [9.17, 15) is 0 Å². The maximum atomic E-state index is 8.96. The summed E-state index contributed by atoms with van der Waals surface area (Å²) in [5, 5.41) is 8.96. The lowest BCUT2D eigenvalue weighted by Crippen LogP contribution is -1.97. The molecule has 0 spiro atoms. The minimum atomic E-state index is 0.463. The van der Waals surface area contributed by atoms with E-state index < -0.39 is 0 Å². The van der Waals surface area contributed by atoms with E-state index in [0.717, 1.165) is 5.56 Å². The highest BCUT2D eigenvalue weighted by molar-refractivity contribution is 5.70. The third kappa shape index (κ3) is 2.66. The number of hydrogen-bond acceptors (Lipinski definition) is 2. The van der Waals surface area contributed by atoms with Gasteiger partial charge in [0.25, 0.3) is 0 Å². The van der Waals surface area contributed by atoms with Crippen LogP contribution in [0.15, 0.2) is 30.5 Å². The number of nitriles is 1. The maximum absolute atomic E-state index is 8.96. The highest BCUT2D eigenvalue weighted by atomic mass is 14.7. The minimum Gasteiger partial charge on any atom is -0.246 e. The van der Waals surface area contributed by atoms with Crippen LogP contribution in [0.4, 0.5) is 0 Å². The molecule has 0 saturated heterocycles. The van der Waals surface area contributed by atoms with Gasteiger partial charge in [0.15, 0.2) is 0 Å². The second-order valence-corrected chi connectivity index (χ2v) is 5.22. The van der Waals surface area contributed by atoms with Gasteiger partial charge in [-0.1, -0.05) is 31.5 Å². The first-order valence-electron chi connectivity index (χ1n) is 6.50. The summed E-state index contributed by atoms with van der Waals surface area (Å²) in [4.78, 5) is 4.03. The molecule has 0 aliphatic carbocycles. The third-order valence-corrected chi connectivity index (χ3v) is 3.40. The van der Waals surface area contributed by atoms with Crippen LogP contribution in [0.5, 0.6) is 0 Å². The van der Waals surface area contributed by atoms with Crippen molar-refractivity contribution in [2.45, 2.75) is 33.6 Å². The number of hydrogen-bond donors (Lipinski definition) is 0. The molecule has 2 rings (SSSR count). The summed E-state index contributed by atoms with van der Waals surface area (Å²) in [7, 11) is 0. The van der Waals surface area contributed by atoms with Crippen LogP contribution in [0, 0.1) is 25.2 Å². The van der Waals surface area contributed by atoms with Gasteiger partial charge in [0.05, 0.1) is 0 Å². The lowest BCUT2D eigenvalue weighted by atomic mass is 9.89. The van der Waals surface area contributed by atoms with Gasteiger partial charge in [-0.25, -0.2) is 4.98 Å². The molecule has 1 heterocycles. The van der Waals surface area contributed by atoms with Crippen molar-refractivity contribution in [1.82, 2.24) is 4.98 Å². The highest BCUT2D eigenvalue weighted by Crippen LogP contribution is 2.31. The van der Waals surface area contributed by atoms with Gasteiger partial charge in [-0.05, 0) is 54.2 Å². The summed E-state index contributed by atoms with van der Waals surface area (Å²) in [5.41, 5.74) is 6.63. The monoisotopic (exact) mass is 250 g/mol. The summed E-state index contributed by atoms with van der Waals surface area (Å²) in [5.74, 6) is 0.496. The van der Waals surface area contributed by atoms with Gasteiger partial charge in [-0.3, -0.25) is 0 Å². The molecule has 96 valence electrons. The Morgan fingerprint density at radius 3 is 2.53 bits per heavy atom. The predicted molar refractivity (Wildman–Crippen MR) is 78.0 cm³/mol. The fourth-order valence-electron chi connectivity index (χ4n) is 2.45. The Bertz CT molecular complexity index is 649. The second-order valence-electron chi connectivity index (χ2n) is 5.22. The van der Waals surface area contributed by atoms with E-state index >= 15 is 0 Å². The van der Waals surface area contributed by atoms with Crippen LogP contribution in [-0.2, 0) is 0 Å². The van der Waals surface area contributed by atoms with Crippen LogP contribution < -0.4 is 0 Å². The van der Waals surface area contributed by atoms with E-state index in [1.54, 1.807) is 6.20 Å². The normalized spacial score (nSPS) is 10.5. The molecule has 0 aliphatic rings. The van der Waals surface area contributed by atoms with Crippen molar-refractivity contribution in [3.05, 3.63) is 52.8 Å². The van der Waals surface area contributed by atoms with Crippen molar-refractivity contribution in [2.24, 2.45) is 0 Å². The van der Waals surface area contributed by atoms with Gasteiger partial charge in [-0.2, -0.15) is 5.26 Å². The average molecular weight is 250 g/mol. The number of benzene rings is 1. The molecule has 0 amide bonds. The molecule has 0 aliphatic heterocycles. The second kappa shape index (κ2) is 5.24. The fourth-order valence-corrected chi connectivity index (χ4v) is 2.45. The van der Waals surface area contributed by atoms with Crippen LogP contribution >= 0.6 is 0 Å². The quantitative estimate of drug-likeness (QED) is 0.794. The molecule has 0 radical (unpaired) electrons. The molecule has 0 N–H and O–H groups in total. The topological polar surface area (TPSA) is 36.7 Å². The Labute approximate surface area is 114 Å². The van der Waals surface area contributed by atoms with Crippen LogP contribution in [-0.4, -0.2) is 4.98 Å². The first-order chi connectivity index (χ1) is 9.02. The van der Waals surface area contributed by atoms with Crippen molar-refractivity contribution in [1.29, 1.82) is 5.26 Å². The number of aryl methyl sites for hydroxylation is 1. The molecule has 19 heavy (non-hydrogen) atoms. The lowest BCUT2D eigenvalue weighted by molar-refractivity contribution is 0.855. The zero-order valence-corrected chi connectivity index (χ0v) is 11.9. The smallest absolute Gasteiger partial charge is 0.141 e. The van der Waals surface area contributed by atoms with E-state index in [4.69, 9.17) is 5.26 Å². The third-order valence-electron chi connectivity index (χ3n) is 3.40. The minimum absolute atomic E-state index is 0.463. The molecular weight excluding hydrogens is 232 g/mol. The van der Waals surface area contributed by atoms with Crippen LogP contribution in [0.3, 0.4) is 0 Å². The molecule has 2 nitrogen and oxygen atoms in total. The van der Waals surface area contributed by atoms with Crippen LogP contribution in [0.2, 0.25) is 0 Å². The van der Waals surface area contributed by atoms with Gasteiger partial charge in [0.1, 0.15) is 11.8 Å². The van der Waals surface area contributed by atoms with Gasteiger partial charge >= 0.3 is 0 Å². The molecule has 0 saturated carbocycles. The number of pyridine rings is 1. The number of rotatable bonds is 2. The van der Waals surface area contributed by atoms with Gasteiger partial charge < -0.3 is 0 Å². The van der Waals surface area contributed by atoms with Crippen LogP contribution in [0.1, 0.15) is 42.1 Å². The average Bonchev–Trinajstić information content (AvgIpc) is 2.40. The molecule has 1 aromatic carbocycles. The molecule has 2 heteroatoms. The predicted octanol–water partition coefficient (Wildman–Crippen LogP) is 4.36. The van der Waals surface area contributed by atoms with E-state index in [0.29, 0.717) is 11.6 Å². The Kier molecular flexibility index (Phi) is 3.66. The Morgan fingerprint density at radius 2 is 1.89 bits per heavy atom. The van der Waals surface area contributed by atoms with Crippen molar-refractivity contribution in [3.63, 3.8) is 0 Å². The summed E-state index contributed by atoms with van der Waals surface area (Å²) in [6.45, 7) is 8.68. The molecule has 0 atom stereocenters. The zero-order valence-electron chi connectivity index (χ0n) is 11.9. The van der Waals surface area contributed by atoms with E-state index in [1.165, 1.54) is 22.3 Å². The summed E-state index contributed by atoms with van der Waals surface area (Å²) in [6, 6.07) is 10.3. The Morgan fingerprint density at radius 1 is 1.16 bits per heavy atom. The fraction of sp³-hybridized carbons (Fsp3) is 0.294. The van der Waals surface area contributed by atoms with Gasteiger partial charge in [0.2, 0.25) is 0 Å². The van der Waals surface area contributed by atoms with Crippen molar-refractivity contribution < 1.29 is 0 Å². The number of nitrogens with zero attached hydrogens (tertiary/aromatic N) is 2. The molecular formula is C17H18N2. The maximum Gasteiger partial charge on any atom is 0.141 e. The first-order valence-corrected chi connectivity index (χ1v) is 6.50. The molecule has 0 fully saturated rings. The molecule has 0 unspecified atom stereocenters. The van der Waals surface area contributed by atoms with Gasteiger partial charge in [-0.15, -0.1) is 0 Å². The Hall–Kier alpha value is -2.14. The van der Waals surface area contributed by atoms with E-state index in [-0.39, 0.29) is 0 Å². The van der Waals surface area contributed by atoms with Crippen molar-refractivity contribution in [2.75, 3.05) is 0 Å². The number of aromatic nitrogens is 1.